The lowest BCUT2D eigenvalue weighted by Crippen LogP contribution is -2.46. The van der Waals surface area contributed by atoms with Crippen LogP contribution in [0.15, 0.2) is 0 Å². The van der Waals surface area contributed by atoms with Gasteiger partial charge in [-0.1, -0.05) is 13.8 Å². The first-order chi connectivity index (χ1) is 9.38. The topological polar surface area (TPSA) is 41.1 Å². The molecule has 2 N–H and O–H groups in total. The van der Waals surface area contributed by atoms with Crippen LogP contribution in [0.1, 0.15) is 52.4 Å². The van der Waals surface area contributed by atoms with Crippen molar-refractivity contribution in [3.8, 4) is 0 Å². The molecule has 0 bridgehead atoms. The summed E-state index contributed by atoms with van der Waals surface area (Å²) in [5.41, 5.74) is 0. The molecule has 0 spiro atoms. The molecule has 0 aliphatic heterocycles. The van der Waals surface area contributed by atoms with Crippen molar-refractivity contribution in [1.29, 1.82) is 0 Å². The maximum Gasteiger partial charge on any atom is 0.315 e. The predicted octanol–water partition coefficient (Wildman–Crippen LogP) is 3.77. The summed E-state index contributed by atoms with van der Waals surface area (Å²) in [6.07, 6.45) is 5.37. The molecule has 7 heteroatoms. The summed E-state index contributed by atoms with van der Waals surface area (Å²) in [6.45, 7) is 4.14. The van der Waals surface area contributed by atoms with E-state index < -0.39 is 0 Å². The van der Waals surface area contributed by atoms with Crippen molar-refractivity contribution < 1.29 is 4.79 Å². The zero-order chi connectivity index (χ0) is 15.5. The van der Waals surface area contributed by atoms with E-state index in [2.05, 4.69) is 75.0 Å². The van der Waals surface area contributed by atoms with Crippen LogP contribution in [-0.4, -0.2) is 27.3 Å². The van der Waals surface area contributed by atoms with Gasteiger partial charge >= 0.3 is 6.03 Å². The van der Waals surface area contributed by atoms with E-state index in [1.165, 1.54) is 0 Å². The van der Waals surface area contributed by atoms with Gasteiger partial charge in [-0.15, -0.1) is 0 Å². The molecule has 0 radical (unpaired) electrons. The second kappa shape index (κ2) is 12.2. The molecule has 120 valence electrons. The first-order valence-electron chi connectivity index (χ1n) is 7.18. The predicted molar refractivity (Wildman–Crippen MR) is 102 cm³/mol. The zero-order valence-electron chi connectivity index (χ0n) is 12.2. The van der Waals surface area contributed by atoms with E-state index in [4.69, 9.17) is 0 Å². The summed E-state index contributed by atoms with van der Waals surface area (Å²) in [6, 6.07) is 0.266. The Morgan fingerprint density at radius 3 is 1.40 bits per heavy atom. The summed E-state index contributed by atoms with van der Waals surface area (Å²) in [7, 11) is 0. The van der Waals surface area contributed by atoms with E-state index in [0.29, 0.717) is 0 Å². The number of urea groups is 1. The van der Waals surface area contributed by atoms with Crippen molar-refractivity contribution >= 4 is 56.5 Å². The van der Waals surface area contributed by atoms with Crippen LogP contribution in [0.3, 0.4) is 0 Å². The standard InChI is InChI=1S/C13H28N2OS4/c1-3-9(5-7-11(17)18)14-13(16)15-10(4-2)6-8-12(19)20/h9-12,17-20H,3-8H2,1-2H3,(H2,14,15,16). The fraction of sp³-hybridized carbons (Fsp3) is 0.923. The van der Waals surface area contributed by atoms with Gasteiger partial charge in [0.2, 0.25) is 0 Å². The highest BCUT2D eigenvalue weighted by Gasteiger charge is 2.15. The second-order valence-corrected chi connectivity index (χ2v) is 8.25. The fourth-order valence-corrected chi connectivity index (χ4v) is 2.47. The molecule has 0 aliphatic carbocycles. The van der Waals surface area contributed by atoms with Crippen LogP contribution in [0.5, 0.6) is 0 Å². The first kappa shape index (κ1) is 20.7. The monoisotopic (exact) mass is 356 g/mol. The smallest absolute Gasteiger partial charge is 0.315 e. The number of rotatable bonds is 10. The van der Waals surface area contributed by atoms with Crippen molar-refractivity contribution in [3.05, 3.63) is 0 Å². The molecule has 0 aromatic carbocycles. The molecule has 0 aromatic rings. The molecule has 0 saturated carbocycles. The summed E-state index contributed by atoms with van der Waals surface area (Å²) in [5, 5.41) is 6.04. The molecular formula is C13H28N2OS4. The van der Waals surface area contributed by atoms with E-state index in [9.17, 15) is 4.79 Å². The highest BCUT2D eigenvalue weighted by Crippen LogP contribution is 2.13. The molecule has 0 aliphatic rings. The SMILES string of the molecule is CCC(CCC(S)S)NC(=O)NC(CC)CCC(S)S. The van der Waals surface area contributed by atoms with Gasteiger partial charge < -0.3 is 10.6 Å². The van der Waals surface area contributed by atoms with Crippen LogP contribution >= 0.6 is 50.5 Å². The quantitative estimate of drug-likeness (QED) is 0.262. The lowest BCUT2D eigenvalue weighted by Gasteiger charge is -2.22. The maximum absolute atomic E-state index is 12.0. The Morgan fingerprint density at radius 2 is 1.15 bits per heavy atom. The van der Waals surface area contributed by atoms with Crippen LogP contribution in [0.4, 0.5) is 4.79 Å². The van der Waals surface area contributed by atoms with E-state index in [1.807, 2.05) is 0 Å². The van der Waals surface area contributed by atoms with Crippen LogP contribution < -0.4 is 10.6 Å². The van der Waals surface area contributed by atoms with Gasteiger partial charge in [-0.25, -0.2) is 4.79 Å². The summed E-state index contributed by atoms with van der Waals surface area (Å²) >= 11 is 17.0. The molecule has 2 unspecified atom stereocenters. The minimum absolute atomic E-state index is 0.0695. The molecule has 2 amide bonds. The highest BCUT2D eigenvalue weighted by atomic mass is 32.2. The summed E-state index contributed by atoms with van der Waals surface area (Å²) < 4.78 is 0.139. The van der Waals surface area contributed by atoms with Gasteiger partial charge in [-0.05, 0) is 38.5 Å². The molecule has 0 heterocycles. The number of nitrogens with one attached hydrogen (secondary N) is 2. The largest absolute Gasteiger partial charge is 0.335 e. The normalized spacial score (nSPS) is 14.4. The Balaban J connectivity index is 4.08. The molecule has 3 nitrogen and oxygen atoms in total. The third-order valence-electron chi connectivity index (χ3n) is 3.20. The van der Waals surface area contributed by atoms with Gasteiger partial charge in [0.1, 0.15) is 0 Å². The average molecular weight is 357 g/mol. The van der Waals surface area contributed by atoms with Gasteiger partial charge in [-0.3, -0.25) is 0 Å². The maximum atomic E-state index is 12.0. The van der Waals surface area contributed by atoms with E-state index in [-0.39, 0.29) is 27.3 Å². The van der Waals surface area contributed by atoms with E-state index in [1.54, 1.807) is 0 Å². The summed E-state index contributed by atoms with van der Waals surface area (Å²) in [5.74, 6) is 0. The summed E-state index contributed by atoms with van der Waals surface area (Å²) in [4.78, 5) is 12.0. The number of carbonyl (C=O) groups excluding carboxylic acids is 1. The third-order valence-corrected chi connectivity index (χ3v) is 4.24. The zero-order valence-corrected chi connectivity index (χ0v) is 15.8. The molecule has 20 heavy (non-hydrogen) atoms. The van der Waals surface area contributed by atoms with Crippen LogP contribution in [0.25, 0.3) is 0 Å². The highest BCUT2D eigenvalue weighted by molar-refractivity contribution is 7.99. The molecule has 0 aromatic heterocycles. The number of amides is 2. The molecule has 2 atom stereocenters. The van der Waals surface area contributed by atoms with Crippen molar-refractivity contribution in [2.45, 2.75) is 73.6 Å². The van der Waals surface area contributed by atoms with Crippen molar-refractivity contribution in [3.63, 3.8) is 0 Å². The first-order valence-corrected chi connectivity index (χ1v) is 9.24. The molecule has 0 fully saturated rings. The second-order valence-electron chi connectivity index (χ2n) is 4.94. The Kier molecular flexibility index (Phi) is 12.6. The lowest BCUT2D eigenvalue weighted by atomic mass is 10.1. The Morgan fingerprint density at radius 1 is 0.800 bits per heavy atom. The minimum Gasteiger partial charge on any atom is -0.335 e. The average Bonchev–Trinajstić information content (AvgIpc) is 2.38. The minimum atomic E-state index is -0.0894. The molecular weight excluding hydrogens is 328 g/mol. The number of thiol groups is 4. The number of carbonyl (C=O) groups is 1. The molecule has 0 rings (SSSR count). The van der Waals surface area contributed by atoms with Crippen molar-refractivity contribution in [2.24, 2.45) is 0 Å². The molecule has 0 saturated heterocycles. The Bertz CT molecular complexity index is 241. The van der Waals surface area contributed by atoms with Gasteiger partial charge in [0.25, 0.3) is 0 Å². The van der Waals surface area contributed by atoms with Crippen LogP contribution in [0.2, 0.25) is 0 Å². The van der Waals surface area contributed by atoms with Crippen LogP contribution in [-0.2, 0) is 0 Å². The fourth-order valence-electron chi connectivity index (χ4n) is 1.87. The van der Waals surface area contributed by atoms with Gasteiger partial charge in [0, 0.05) is 21.2 Å². The van der Waals surface area contributed by atoms with E-state index >= 15 is 0 Å². The van der Waals surface area contributed by atoms with Gasteiger partial charge in [0.15, 0.2) is 0 Å². The number of hydrogen-bond donors (Lipinski definition) is 6. The Hall–Kier alpha value is 0.670. The third kappa shape index (κ3) is 11.3. The van der Waals surface area contributed by atoms with Gasteiger partial charge in [-0.2, -0.15) is 50.5 Å². The lowest BCUT2D eigenvalue weighted by molar-refractivity contribution is 0.230. The van der Waals surface area contributed by atoms with Crippen molar-refractivity contribution in [2.75, 3.05) is 0 Å². The number of hydrogen-bond acceptors (Lipinski definition) is 5. The Labute approximate surface area is 145 Å². The van der Waals surface area contributed by atoms with E-state index in [0.717, 1.165) is 38.5 Å². The van der Waals surface area contributed by atoms with Crippen LogP contribution in [0, 0.1) is 0 Å². The van der Waals surface area contributed by atoms with Crippen molar-refractivity contribution in [1.82, 2.24) is 10.6 Å². The van der Waals surface area contributed by atoms with Gasteiger partial charge in [0.05, 0.1) is 0 Å².